The van der Waals surface area contributed by atoms with Gasteiger partial charge in [-0.05, 0) is 46.4 Å². The third kappa shape index (κ3) is 3.14. The van der Waals surface area contributed by atoms with Gasteiger partial charge >= 0.3 is 0 Å². The van der Waals surface area contributed by atoms with Gasteiger partial charge in [-0.15, -0.1) is 0 Å². The van der Waals surface area contributed by atoms with Gasteiger partial charge in [0.05, 0.1) is 25.2 Å². The molecule has 0 amide bonds. The summed E-state index contributed by atoms with van der Waals surface area (Å²) in [4.78, 5) is 0. The molecule has 2 rings (SSSR count). The average Bonchev–Trinajstić information content (AvgIpc) is 3.00. The van der Waals surface area contributed by atoms with Gasteiger partial charge in [0, 0.05) is 17.0 Å². The Bertz CT molecular complexity index is 337. The smallest absolute Gasteiger partial charge is 0.0737 e. The minimum absolute atomic E-state index is 0.00237. The van der Waals surface area contributed by atoms with Crippen molar-refractivity contribution >= 4 is 7.92 Å². The van der Waals surface area contributed by atoms with Gasteiger partial charge in [0.25, 0.3) is 0 Å². The van der Waals surface area contributed by atoms with Crippen LogP contribution in [-0.2, 0) is 9.47 Å². The van der Waals surface area contributed by atoms with Gasteiger partial charge < -0.3 is 20.9 Å². The molecule has 0 heterocycles. The van der Waals surface area contributed by atoms with Crippen LogP contribution < -0.4 is 11.5 Å². The molecule has 2 fully saturated rings. The van der Waals surface area contributed by atoms with E-state index in [0.717, 1.165) is 25.4 Å². The van der Waals surface area contributed by atoms with Crippen molar-refractivity contribution in [2.75, 3.05) is 32.4 Å². The maximum Gasteiger partial charge on any atom is 0.0737 e. The number of rotatable bonds is 8. The van der Waals surface area contributed by atoms with Crippen LogP contribution in [-0.4, -0.2) is 49.6 Å². The van der Waals surface area contributed by atoms with E-state index in [4.69, 9.17) is 20.9 Å². The molecule has 0 aromatic heterocycles. The first-order chi connectivity index (χ1) is 8.72. The van der Waals surface area contributed by atoms with E-state index in [9.17, 15) is 0 Å². The number of ether oxygens (including phenoxy) is 2. The van der Waals surface area contributed by atoms with Crippen LogP contribution >= 0.6 is 7.92 Å². The number of hydrogen-bond donors (Lipinski definition) is 2. The second-order valence-electron chi connectivity index (χ2n) is 6.99. The first-order valence-corrected chi connectivity index (χ1v) is 9.33. The average molecular weight is 288 g/mol. The fourth-order valence-electron chi connectivity index (χ4n) is 3.45. The fraction of sp³-hybridized carbons (Fsp3) is 1.00. The van der Waals surface area contributed by atoms with Crippen molar-refractivity contribution in [1.29, 1.82) is 0 Å². The zero-order chi connectivity index (χ0) is 14.3. The molecule has 5 heteroatoms. The molecular formula is C14H29N2O2P. The molecule has 4 N–H and O–H groups in total. The standard InChI is InChI=1S/C14H29N2O2P/c1-11(15)7-19(4)10-17-5-6-18-13(3)9-14(13)8-12(14,2)16/h11H,5-10,15-16H2,1-4H3. The number of hydrogen-bond acceptors (Lipinski definition) is 4. The molecule has 4 nitrogen and oxygen atoms in total. The van der Waals surface area contributed by atoms with Crippen LogP contribution in [0.1, 0.15) is 33.6 Å². The third-order valence-corrected chi connectivity index (χ3v) is 6.55. The Morgan fingerprint density at radius 3 is 2.37 bits per heavy atom. The first kappa shape index (κ1) is 15.7. The molecule has 0 saturated heterocycles. The van der Waals surface area contributed by atoms with E-state index in [2.05, 4.69) is 27.4 Å². The molecule has 112 valence electrons. The molecule has 1 spiro atoms. The van der Waals surface area contributed by atoms with Crippen molar-refractivity contribution in [3.8, 4) is 0 Å². The van der Waals surface area contributed by atoms with Crippen molar-refractivity contribution < 1.29 is 9.47 Å². The van der Waals surface area contributed by atoms with Crippen molar-refractivity contribution in [1.82, 2.24) is 0 Å². The highest BCUT2D eigenvalue weighted by Crippen LogP contribution is 2.78. The summed E-state index contributed by atoms with van der Waals surface area (Å²) in [6.45, 7) is 9.97. The molecule has 0 aliphatic heterocycles. The van der Waals surface area contributed by atoms with Crippen molar-refractivity contribution in [3.05, 3.63) is 0 Å². The summed E-state index contributed by atoms with van der Waals surface area (Å²) in [6.07, 6.45) is 4.11. The van der Waals surface area contributed by atoms with E-state index in [1.165, 1.54) is 0 Å². The van der Waals surface area contributed by atoms with Crippen LogP contribution in [0.4, 0.5) is 0 Å². The molecule has 2 aliphatic rings. The maximum absolute atomic E-state index is 6.18. The second-order valence-corrected chi connectivity index (χ2v) is 9.32. The van der Waals surface area contributed by atoms with E-state index in [-0.39, 0.29) is 30.5 Å². The molecule has 0 bridgehead atoms. The molecule has 2 aliphatic carbocycles. The predicted molar refractivity (Wildman–Crippen MR) is 80.8 cm³/mol. The summed E-state index contributed by atoms with van der Waals surface area (Å²) < 4.78 is 11.7. The van der Waals surface area contributed by atoms with Gasteiger partial charge in [-0.2, -0.15) is 0 Å². The largest absolute Gasteiger partial charge is 0.375 e. The Morgan fingerprint density at radius 2 is 1.89 bits per heavy atom. The Hall–Kier alpha value is 0.270. The normalized spacial score (nSPS) is 43.3. The minimum atomic E-state index is -0.0939. The van der Waals surface area contributed by atoms with Crippen LogP contribution in [0.5, 0.6) is 0 Å². The lowest BCUT2D eigenvalue weighted by atomic mass is 10.2. The fourth-order valence-corrected chi connectivity index (χ4v) is 4.98. The van der Waals surface area contributed by atoms with Gasteiger partial charge in [0.15, 0.2) is 0 Å². The lowest BCUT2D eigenvalue weighted by Crippen LogP contribution is -2.26. The second kappa shape index (κ2) is 5.23. The minimum Gasteiger partial charge on any atom is -0.375 e. The van der Waals surface area contributed by atoms with Gasteiger partial charge in [0.1, 0.15) is 0 Å². The van der Waals surface area contributed by atoms with Crippen LogP contribution in [0.3, 0.4) is 0 Å². The summed E-state index contributed by atoms with van der Waals surface area (Å²) in [6, 6.07) is 0.276. The van der Waals surface area contributed by atoms with Crippen LogP contribution in [0, 0.1) is 5.41 Å². The third-order valence-electron chi connectivity index (χ3n) is 4.72. The van der Waals surface area contributed by atoms with Crippen LogP contribution in [0.15, 0.2) is 0 Å². The zero-order valence-corrected chi connectivity index (χ0v) is 13.6. The Labute approximate surface area is 118 Å². The molecule has 0 aromatic rings. The number of nitrogens with two attached hydrogens (primary N) is 2. The molecule has 0 aromatic carbocycles. The highest BCUT2D eigenvalue weighted by molar-refractivity contribution is 7.56. The van der Waals surface area contributed by atoms with E-state index in [1.807, 2.05) is 0 Å². The summed E-state index contributed by atoms with van der Waals surface area (Å²) in [5, 5.41) is 0. The monoisotopic (exact) mass is 288 g/mol. The summed E-state index contributed by atoms with van der Waals surface area (Å²) in [7, 11) is -0.0939. The van der Waals surface area contributed by atoms with E-state index >= 15 is 0 Å². The highest BCUT2D eigenvalue weighted by atomic mass is 31.1. The van der Waals surface area contributed by atoms with Gasteiger partial charge in [-0.3, -0.25) is 0 Å². The van der Waals surface area contributed by atoms with Crippen LogP contribution in [0.2, 0.25) is 0 Å². The van der Waals surface area contributed by atoms with Crippen molar-refractivity contribution in [3.63, 3.8) is 0 Å². The summed E-state index contributed by atoms with van der Waals surface area (Å²) >= 11 is 0. The Balaban J connectivity index is 1.54. The van der Waals surface area contributed by atoms with E-state index < -0.39 is 0 Å². The quantitative estimate of drug-likeness (QED) is 0.527. The predicted octanol–water partition coefficient (Wildman–Crippen LogP) is 1.71. The SMILES string of the molecule is CC(N)CP(C)COCCOC1(C)CC12CC2(C)N. The van der Waals surface area contributed by atoms with Gasteiger partial charge in [-0.25, -0.2) is 0 Å². The van der Waals surface area contributed by atoms with E-state index in [1.54, 1.807) is 0 Å². The van der Waals surface area contributed by atoms with Gasteiger partial charge in [-0.1, -0.05) is 7.92 Å². The molecule has 2 saturated carbocycles. The topological polar surface area (TPSA) is 70.5 Å². The Kier molecular flexibility index (Phi) is 4.31. The molecule has 19 heavy (non-hydrogen) atoms. The van der Waals surface area contributed by atoms with E-state index in [0.29, 0.717) is 13.2 Å². The zero-order valence-electron chi connectivity index (χ0n) is 12.7. The molecule has 5 atom stereocenters. The lowest BCUT2D eigenvalue weighted by Gasteiger charge is -2.17. The molecule has 5 unspecified atom stereocenters. The lowest BCUT2D eigenvalue weighted by molar-refractivity contribution is -0.00522. The summed E-state index contributed by atoms with van der Waals surface area (Å²) in [5.74, 6) is 0. The first-order valence-electron chi connectivity index (χ1n) is 7.17. The molecular weight excluding hydrogens is 259 g/mol. The maximum atomic E-state index is 6.18. The highest BCUT2D eigenvalue weighted by Gasteiger charge is 2.83. The molecule has 0 radical (unpaired) electrons. The summed E-state index contributed by atoms with van der Waals surface area (Å²) in [5.41, 5.74) is 12.2. The Morgan fingerprint density at radius 1 is 1.26 bits per heavy atom. The van der Waals surface area contributed by atoms with Crippen LogP contribution in [0.25, 0.3) is 0 Å². The van der Waals surface area contributed by atoms with Gasteiger partial charge in [0.2, 0.25) is 0 Å². The van der Waals surface area contributed by atoms with Crippen molar-refractivity contribution in [2.24, 2.45) is 16.9 Å². The van der Waals surface area contributed by atoms with Crippen molar-refractivity contribution in [2.45, 2.75) is 50.8 Å².